The molecule has 1 heteroatoms. The van der Waals surface area contributed by atoms with E-state index in [-0.39, 0.29) is 11.5 Å². The van der Waals surface area contributed by atoms with Crippen LogP contribution in [-0.2, 0) is 0 Å². The van der Waals surface area contributed by atoms with E-state index in [2.05, 4.69) is 61.5 Å². The highest BCUT2D eigenvalue weighted by Crippen LogP contribution is 2.72. The van der Waals surface area contributed by atoms with Gasteiger partial charge in [0.15, 0.2) is 0 Å². The van der Waals surface area contributed by atoms with Crippen molar-refractivity contribution in [2.45, 2.75) is 126 Å². The van der Waals surface area contributed by atoms with Gasteiger partial charge in [-0.25, -0.2) is 0 Å². The van der Waals surface area contributed by atoms with Gasteiger partial charge in [-0.2, -0.15) is 0 Å². The van der Waals surface area contributed by atoms with Gasteiger partial charge in [-0.15, -0.1) is 0 Å². The van der Waals surface area contributed by atoms with Gasteiger partial charge in [0.1, 0.15) is 0 Å². The van der Waals surface area contributed by atoms with Crippen LogP contribution in [0.1, 0.15) is 120 Å². The highest BCUT2D eigenvalue weighted by atomic mass is 16.3. The topological polar surface area (TPSA) is 20.2 Å². The molecule has 0 amide bonds. The number of hydrogen-bond donors (Lipinski definition) is 1. The molecule has 176 valence electrons. The molecule has 2 saturated carbocycles. The Hall–Kier alpha value is -0.560. The SMILES string of the molecule is CC(C)=CCCC(C)C1CC[C@@]2(C)C3=C(CC[C@]12C)[C@@]1(C)CC[C@H](O)C(C)(C)[C@@H]1CC3. The van der Waals surface area contributed by atoms with E-state index in [1.165, 1.54) is 63.4 Å². The van der Waals surface area contributed by atoms with Crippen LogP contribution in [0.2, 0.25) is 0 Å². The normalized spacial score (nSPS) is 44.9. The molecule has 0 bridgehead atoms. The van der Waals surface area contributed by atoms with E-state index in [0.29, 0.717) is 22.2 Å². The third kappa shape index (κ3) is 3.34. The van der Waals surface area contributed by atoms with Gasteiger partial charge in [-0.3, -0.25) is 0 Å². The minimum Gasteiger partial charge on any atom is -0.393 e. The van der Waals surface area contributed by atoms with Crippen molar-refractivity contribution < 1.29 is 5.11 Å². The number of hydrogen-bond acceptors (Lipinski definition) is 1. The van der Waals surface area contributed by atoms with Gasteiger partial charge < -0.3 is 5.11 Å². The number of aliphatic hydroxyl groups is 1. The van der Waals surface area contributed by atoms with Crippen LogP contribution in [0.15, 0.2) is 22.8 Å². The molecule has 31 heavy (non-hydrogen) atoms. The largest absolute Gasteiger partial charge is 0.393 e. The monoisotopic (exact) mass is 426 g/mol. The van der Waals surface area contributed by atoms with Gasteiger partial charge in [0.25, 0.3) is 0 Å². The predicted octanol–water partition coefficient (Wildman–Crippen LogP) is 8.48. The molecule has 0 saturated heterocycles. The van der Waals surface area contributed by atoms with Gasteiger partial charge in [0, 0.05) is 0 Å². The fraction of sp³-hybridized carbons (Fsp3) is 0.867. The first-order chi connectivity index (χ1) is 14.4. The lowest BCUT2D eigenvalue weighted by Crippen LogP contribution is -2.55. The summed E-state index contributed by atoms with van der Waals surface area (Å²) in [6.07, 6.45) is 15.2. The summed E-state index contributed by atoms with van der Waals surface area (Å²) < 4.78 is 0. The molecule has 0 aliphatic heterocycles. The smallest absolute Gasteiger partial charge is 0.0594 e. The number of aliphatic hydroxyl groups excluding tert-OH is 1. The van der Waals surface area contributed by atoms with Crippen LogP contribution in [-0.4, -0.2) is 11.2 Å². The Morgan fingerprint density at radius 3 is 2.35 bits per heavy atom. The molecule has 4 rings (SSSR count). The van der Waals surface area contributed by atoms with Crippen molar-refractivity contribution in [3.8, 4) is 0 Å². The first-order valence-corrected chi connectivity index (χ1v) is 13.4. The maximum absolute atomic E-state index is 10.8. The second-order valence-corrected chi connectivity index (χ2v) is 13.6. The highest BCUT2D eigenvalue weighted by Gasteiger charge is 2.63. The lowest BCUT2D eigenvalue weighted by Gasteiger charge is -2.62. The number of allylic oxidation sites excluding steroid dienone is 4. The minimum absolute atomic E-state index is 0.0465. The predicted molar refractivity (Wildman–Crippen MR) is 133 cm³/mol. The Balaban J connectivity index is 1.65. The lowest BCUT2D eigenvalue weighted by atomic mass is 9.43. The second kappa shape index (κ2) is 7.75. The molecule has 1 nitrogen and oxygen atoms in total. The van der Waals surface area contributed by atoms with E-state index in [1.54, 1.807) is 0 Å². The standard InChI is InChI=1S/C30H50O/c1-20(2)10-9-11-21(3)22-14-18-30(8)24-12-13-25-27(4,5)26(31)16-17-28(25,6)23(24)15-19-29(22,30)7/h10,21-22,25-26,31H,9,11-19H2,1-8H3/t21?,22?,25-,26-,28+,29+,30-/m0/s1. The fourth-order valence-electron chi connectivity index (χ4n) is 9.47. The molecule has 0 heterocycles. The Bertz CT molecular complexity index is 767. The summed E-state index contributed by atoms with van der Waals surface area (Å²) >= 11 is 0. The summed E-state index contributed by atoms with van der Waals surface area (Å²) in [5, 5.41) is 10.8. The molecule has 0 radical (unpaired) electrons. The molecule has 2 unspecified atom stereocenters. The minimum atomic E-state index is -0.130. The molecule has 4 aliphatic carbocycles. The molecule has 2 fully saturated rings. The Kier molecular flexibility index (Phi) is 5.90. The van der Waals surface area contributed by atoms with Crippen molar-refractivity contribution in [3.05, 3.63) is 22.8 Å². The van der Waals surface area contributed by atoms with Gasteiger partial charge in [0.2, 0.25) is 0 Å². The molecule has 0 spiro atoms. The third-order valence-electron chi connectivity index (χ3n) is 11.7. The van der Waals surface area contributed by atoms with Crippen molar-refractivity contribution in [2.75, 3.05) is 0 Å². The zero-order valence-corrected chi connectivity index (χ0v) is 21.9. The van der Waals surface area contributed by atoms with E-state index in [1.807, 2.05) is 11.1 Å². The maximum atomic E-state index is 10.8. The Labute approximate surface area is 193 Å². The third-order valence-corrected chi connectivity index (χ3v) is 11.7. The summed E-state index contributed by atoms with van der Waals surface area (Å²) in [5.74, 6) is 2.32. The summed E-state index contributed by atoms with van der Waals surface area (Å²) in [4.78, 5) is 0. The van der Waals surface area contributed by atoms with Crippen molar-refractivity contribution in [3.63, 3.8) is 0 Å². The summed E-state index contributed by atoms with van der Waals surface area (Å²) in [6, 6.07) is 0. The lowest BCUT2D eigenvalue weighted by molar-refractivity contribution is -0.0962. The average molecular weight is 427 g/mol. The van der Waals surface area contributed by atoms with Crippen LogP contribution < -0.4 is 0 Å². The zero-order chi connectivity index (χ0) is 22.8. The number of fused-ring (bicyclic) bond motifs is 4. The summed E-state index contributed by atoms with van der Waals surface area (Å²) in [7, 11) is 0. The van der Waals surface area contributed by atoms with Gasteiger partial charge in [0.05, 0.1) is 6.10 Å². The van der Waals surface area contributed by atoms with Crippen LogP contribution in [0.3, 0.4) is 0 Å². The molecule has 0 aromatic rings. The second-order valence-electron chi connectivity index (χ2n) is 13.6. The van der Waals surface area contributed by atoms with Gasteiger partial charge in [-0.05, 0) is 117 Å². The van der Waals surface area contributed by atoms with E-state index >= 15 is 0 Å². The Morgan fingerprint density at radius 1 is 0.968 bits per heavy atom. The molecule has 4 aliphatic rings. The van der Waals surface area contributed by atoms with Crippen LogP contribution in [0.4, 0.5) is 0 Å². The molecule has 0 aromatic heterocycles. The summed E-state index contributed by atoms with van der Waals surface area (Å²) in [5.41, 5.74) is 6.41. The molecular weight excluding hydrogens is 376 g/mol. The van der Waals surface area contributed by atoms with Crippen LogP contribution >= 0.6 is 0 Å². The Morgan fingerprint density at radius 2 is 1.68 bits per heavy atom. The number of rotatable bonds is 4. The first-order valence-electron chi connectivity index (χ1n) is 13.4. The van der Waals surface area contributed by atoms with Crippen molar-refractivity contribution >= 4 is 0 Å². The zero-order valence-electron chi connectivity index (χ0n) is 21.9. The maximum Gasteiger partial charge on any atom is 0.0594 e. The first kappa shape index (κ1) is 23.6. The van der Waals surface area contributed by atoms with Crippen molar-refractivity contribution in [1.82, 2.24) is 0 Å². The molecule has 0 aromatic carbocycles. The molecular formula is C30H50O. The van der Waals surface area contributed by atoms with E-state index in [0.717, 1.165) is 18.3 Å². The highest BCUT2D eigenvalue weighted by molar-refractivity contribution is 5.38. The van der Waals surface area contributed by atoms with Crippen molar-refractivity contribution in [1.29, 1.82) is 0 Å². The average Bonchev–Trinajstić information content (AvgIpc) is 2.96. The van der Waals surface area contributed by atoms with Crippen LogP contribution in [0.5, 0.6) is 0 Å². The fourth-order valence-corrected chi connectivity index (χ4v) is 9.47. The van der Waals surface area contributed by atoms with Crippen LogP contribution in [0, 0.1) is 39.4 Å². The quantitative estimate of drug-likeness (QED) is 0.447. The van der Waals surface area contributed by atoms with Crippen molar-refractivity contribution in [2.24, 2.45) is 39.4 Å². The summed E-state index contributed by atoms with van der Waals surface area (Å²) in [6.45, 7) is 19.6. The van der Waals surface area contributed by atoms with E-state index in [9.17, 15) is 5.11 Å². The van der Waals surface area contributed by atoms with Crippen LogP contribution in [0.25, 0.3) is 0 Å². The van der Waals surface area contributed by atoms with Gasteiger partial charge >= 0.3 is 0 Å². The molecule has 1 N–H and O–H groups in total. The van der Waals surface area contributed by atoms with Gasteiger partial charge in [-0.1, -0.05) is 64.3 Å². The van der Waals surface area contributed by atoms with E-state index < -0.39 is 0 Å². The van der Waals surface area contributed by atoms with E-state index in [4.69, 9.17) is 0 Å². The molecule has 7 atom stereocenters.